The Hall–Kier alpha value is -2.18. The van der Waals surface area contributed by atoms with Gasteiger partial charge in [0.05, 0.1) is 23.6 Å². The molecule has 1 heterocycles. The van der Waals surface area contributed by atoms with Gasteiger partial charge in [0.1, 0.15) is 0 Å². The quantitative estimate of drug-likeness (QED) is 0.815. The molecular formula is C18H26N4O2. The number of likely N-dealkylation sites (N-methyl/N-ethyl adjacent to an activating group) is 1. The number of benzene rings is 1. The highest BCUT2D eigenvalue weighted by Crippen LogP contribution is 2.23. The SMILES string of the molecule is Cc1nn(C)c(C)c1NC(=O)CN(C)C(CCO)c1ccccc1. The number of rotatable bonds is 7. The zero-order valence-corrected chi connectivity index (χ0v) is 14.8. The van der Waals surface area contributed by atoms with Crippen molar-refractivity contribution < 1.29 is 9.90 Å². The van der Waals surface area contributed by atoms with Crippen molar-refractivity contribution in [2.24, 2.45) is 7.05 Å². The van der Waals surface area contributed by atoms with Crippen LogP contribution in [-0.4, -0.2) is 45.9 Å². The molecule has 0 aliphatic carbocycles. The molecule has 0 aliphatic heterocycles. The molecule has 1 aromatic heterocycles. The minimum Gasteiger partial charge on any atom is -0.396 e. The highest BCUT2D eigenvalue weighted by atomic mass is 16.3. The Morgan fingerprint density at radius 2 is 2.00 bits per heavy atom. The third-order valence-corrected chi connectivity index (χ3v) is 4.29. The Labute approximate surface area is 143 Å². The van der Waals surface area contributed by atoms with E-state index in [0.717, 1.165) is 22.6 Å². The monoisotopic (exact) mass is 330 g/mol. The highest BCUT2D eigenvalue weighted by Gasteiger charge is 2.20. The molecular weight excluding hydrogens is 304 g/mol. The van der Waals surface area contributed by atoms with Gasteiger partial charge in [-0.05, 0) is 32.9 Å². The van der Waals surface area contributed by atoms with Crippen molar-refractivity contribution in [3.63, 3.8) is 0 Å². The number of hydrogen-bond acceptors (Lipinski definition) is 4. The molecule has 0 aliphatic rings. The molecule has 1 unspecified atom stereocenters. The normalized spacial score (nSPS) is 12.4. The summed E-state index contributed by atoms with van der Waals surface area (Å²) in [7, 11) is 3.76. The molecule has 1 amide bonds. The first-order valence-electron chi connectivity index (χ1n) is 8.10. The van der Waals surface area contributed by atoms with Crippen LogP contribution in [0, 0.1) is 13.8 Å². The van der Waals surface area contributed by atoms with Crippen LogP contribution in [0.3, 0.4) is 0 Å². The minimum absolute atomic E-state index is 0.00181. The lowest BCUT2D eigenvalue weighted by Gasteiger charge is -2.27. The van der Waals surface area contributed by atoms with Crippen LogP contribution >= 0.6 is 0 Å². The molecule has 2 rings (SSSR count). The molecule has 0 fully saturated rings. The average molecular weight is 330 g/mol. The molecule has 24 heavy (non-hydrogen) atoms. The predicted octanol–water partition coefficient (Wildman–Crippen LogP) is 2.03. The van der Waals surface area contributed by atoms with Gasteiger partial charge in [-0.3, -0.25) is 14.4 Å². The topological polar surface area (TPSA) is 70.4 Å². The van der Waals surface area contributed by atoms with E-state index >= 15 is 0 Å². The first kappa shape index (κ1) is 18.2. The third kappa shape index (κ3) is 4.21. The predicted molar refractivity (Wildman–Crippen MR) is 94.8 cm³/mol. The number of aryl methyl sites for hydroxylation is 2. The van der Waals surface area contributed by atoms with Gasteiger partial charge >= 0.3 is 0 Å². The van der Waals surface area contributed by atoms with E-state index in [1.54, 1.807) is 4.68 Å². The van der Waals surface area contributed by atoms with Gasteiger partial charge in [0.15, 0.2) is 0 Å². The van der Waals surface area contributed by atoms with Crippen molar-refractivity contribution in [2.45, 2.75) is 26.3 Å². The maximum absolute atomic E-state index is 12.4. The van der Waals surface area contributed by atoms with E-state index in [-0.39, 0.29) is 25.1 Å². The Morgan fingerprint density at radius 1 is 1.33 bits per heavy atom. The number of nitrogens with zero attached hydrogens (tertiary/aromatic N) is 3. The summed E-state index contributed by atoms with van der Waals surface area (Å²) in [6.45, 7) is 4.13. The van der Waals surface area contributed by atoms with Gasteiger partial charge in [-0.1, -0.05) is 30.3 Å². The maximum atomic E-state index is 12.4. The number of aromatic nitrogens is 2. The first-order chi connectivity index (χ1) is 11.4. The summed E-state index contributed by atoms with van der Waals surface area (Å²) in [5.41, 5.74) is 3.60. The van der Waals surface area contributed by atoms with Crippen molar-refractivity contribution in [3.05, 3.63) is 47.3 Å². The number of carbonyl (C=O) groups excluding carboxylic acids is 1. The fourth-order valence-electron chi connectivity index (χ4n) is 2.91. The van der Waals surface area contributed by atoms with Crippen LogP contribution in [0.1, 0.15) is 29.4 Å². The molecule has 0 saturated carbocycles. The minimum atomic E-state index is -0.0874. The Bertz CT molecular complexity index is 682. The number of hydrogen-bond donors (Lipinski definition) is 2. The van der Waals surface area contributed by atoms with Gasteiger partial charge in [-0.25, -0.2) is 0 Å². The molecule has 0 bridgehead atoms. The number of anilines is 1. The molecule has 6 heteroatoms. The Morgan fingerprint density at radius 3 is 2.54 bits per heavy atom. The summed E-state index contributed by atoms with van der Waals surface area (Å²) in [5, 5.41) is 16.6. The second kappa shape index (κ2) is 8.08. The van der Waals surface area contributed by atoms with Gasteiger partial charge in [0, 0.05) is 19.7 Å². The molecule has 130 valence electrons. The number of amides is 1. The smallest absolute Gasteiger partial charge is 0.238 e. The van der Waals surface area contributed by atoms with Gasteiger partial charge in [0.2, 0.25) is 5.91 Å². The van der Waals surface area contributed by atoms with E-state index in [1.807, 2.05) is 63.2 Å². The summed E-state index contributed by atoms with van der Waals surface area (Å²) in [6.07, 6.45) is 0.582. The van der Waals surface area contributed by atoms with Crippen molar-refractivity contribution in [1.82, 2.24) is 14.7 Å². The van der Waals surface area contributed by atoms with Crippen molar-refractivity contribution in [3.8, 4) is 0 Å². The van der Waals surface area contributed by atoms with E-state index < -0.39 is 0 Å². The summed E-state index contributed by atoms with van der Waals surface area (Å²) in [4.78, 5) is 14.4. The van der Waals surface area contributed by atoms with Crippen LogP contribution in [0.2, 0.25) is 0 Å². The number of nitrogens with one attached hydrogen (secondary N) is 1. The van der Waals surface area contributed by atoms with Gasteiger partial charge in [-0.15, -0.1) is 0 Å². The third-order valence-electron chi connectivity index (χ3n) is 4.29. The van der Waals surface area contributed by atoms with E-state index in [9.17, 15) is 9.90 Å². The van der Waals surface area contributed by atoms with E-state index in [1.165, 1.54) is 0 Å². The summed E-state index contributed by atoms with van der Waals surface area (Å²) < 4.78 is 1.76. The van der Waals surface area contributed by atoms with Crippen molar-refractivity contribution in [1.29, 1.82) is 0 Å². The Kier molecular flexibility index (Phi) is 6.11. The zero-order valence-electron chi connectivity index (χ0n) is 14.8. The summed E-state index contributed by atoms with van der Waals surface area (Å²) in [6, 6.07) is 9.93. The van der Waals surface area contributed by atoms with Crippen molar-refractivity contribution >= 4 is 11.6 Å². The van der Waals surface area contributed by atoms with Gasteiger partial charge in [-0.2, -0.15) is 5.10 Å². The fourth-order valence-corrected chi connectivity index (χ4v) is 2.91. The van der Waals surface area contributed by atoms with Crippen molar-refractivity contribution in [2.75, 3.05) is 25.5 Å². The van der Waals surface area contributed by atoms with E-state index in [2.05, 4.69) is 10.4 Å². The van der Waals surface area contributed by atoms with Crippen LogP contribution in [0.4, 0.5) is 5.69 Å². The van der Waals surface area contributed by atoms with Crippen LogP contribution in [0.5, 0.6) is 0 Å². The van der Waals surface area contributed by atoms with Crippen LogP contribution < -0.4 is 5.32 Å². The lowest BCUT2D eigenvalue weighted by Crippen LogP contribution is -2.34. The molecule has 0 radical (unpaired) electrons. The van der Waals surface area contributed by atoms with E-state index in [4.69, 9.17) is 0 Å². The molecule has 2 N–H and O–H groups in total. The number of carbonyl (C=O) groups is 1. The molecule has 6 nitrogen and oxygen atoms in total. The number of aliphatic hydroxyl groups excluding tert-OH is 1. The van der Waals surface area contributed by atoms with Crippen LogP contribution in [0.15, 0.2) is 30.3 Å². The lowest BCUT2D eigenvalue weighted by molar-refractivity contribution is -0.117. The van der Waals surface area contributed by atoms with Crippen LogP contribution in [0.25, 0.3) is 0 Å². The van der Waals surface area contributed by atoms with E-state index in [0.29, 0.717) is 6.42 Å². The zero-order chi connectivity index (χ0) is 17.7. The molecule has 0 saturated heterocycles. The van der Waals surface area contributed by atoms with Gasteiger partial charge in [0.25, 0.3) is 0 Å². The standard InChI is InChI=1S/C18H26N4O2/c1-13-18(14(2)22(4)20-13)19-17(24)12-21(3)16(10-11-23)15-8-6-5-7-9-15/h5-9,16,23H,10-12H2,1-4H3,(H,19,24). The second-order valence-electron chi connectivity index (χ2n) is 6.07. The summed E-state index contributed by atoms with van der Waals surface area (Å²) >= 11 is 0. The molecule has 1 aromatic carbocycles. The second-order valence-corrected chi connectivity index (χ2v) is 6.07. The number of aliphatic hydroxyl groups is 1. The lowest BCUT2D eigenvalue weighted by atomic mass is 10.0. The van der Waals surface area contributed by atoms with Crippen LogP contribution in [-0.2, 0) is 11.8 Å². The molecule has 0 spiro atoms. The molecule has 2 aromatic rings. The van der Waals surface area contributed by atoms with Gasteiger partial charge < -0.3 is 10.4 Å². The first-order valence-corrected chi connectivity index (χ1v) is 8.10. The molecule has 1 atom stereocenters. The maximum Gasteiger partial charge on any atom is 0.238 e. The highest BCUT2D eigenvalue weighted by molar-refractivity contribution is 5.93. The average Bonchev–Trinajstić information content (AvgIpc) is 2.79. The Balaban J connectivity index is 2.06. The summed E-state index contributed by atoms with van der Waals surface area (Å²) in [5.74, 6) is -0.0874. The largest absolute Gasteiger partial charge is 0.396 e. The fraction of sp³-hybridized carbons (Fsp3) is 0.444.